The molecule has 7 aromatic rings. The van der Waals surface area contributed by atoms with Gasteiger partial charge in [-0.15, -0.1) is 0 Å². The maximum absolute atomic E-state index is 9.18. The molecule has 7 rings (SSSR count). The second-order valence-electron chi connectivity index (χ2n) is 9.59. The number of benzene rings is 5. The SMILES string of the molecule is N#Cc1ccc(-c2cccc(-c3ccc(-c4ccccc4)cc3-n3c4ccccc4c4ccccc43)c2)nc1. The summed E-state index contributed by atoms with van der Waals surface area (Å²) in [5, 5.41) is 11.6. The maximum Gasteiger partial charge on any atom is 0.101 e. The van der Waals surface area contributed by atoms with E-state index in [9.17, 15) is 5.26 Å². The number of pyridine rings is 1. The van der Waals surface area contributed by atoms with Crippen LogP contribution in [0.5, 0.6) is 0 Å². The number of fused-ring (bicyclic) bond motifs is 3. The predicted octanol–water partition coefficient (Wildman–Crippen LogP) is 9.05. The fourth-order valence-electron chi connectivity index (χ4n) is 5.43. The zero-order valence-corrected chi connectivity index (χ0v) is 21.1. The van der Waals surface area contributed by atoms with Crippen molar-refractivity contribution in [3.63, 3.8) is 0 Å². The summed E-state index contributed by atoms with van der Waals surface area (Å²) >= 11 is 0. The molecule has 2 heterocycles. The van der Waals surface area contributed by atoms with Crippen LogP contribution in [0.2, 0.25) is 0 Å². The number of nitriles is 1. The van der Waals surface area contributed by atoms with E-state index in [1.807, 2.05) is 12.1 Å². The van der Waals surface area contributed by atoms with Gasteiger partial charge >= 0.3 is 0 Å². The molecule has 0 N–H and O–H groups in total. The summed E-state index contributed by atoms with van der Waals surface area (Å²) < 4.78 is 2.39. The van der Waals surface area contributed by atoms with Crippen molar-refractivity contribution in [1.82, 2.24) is 9.55 Å². The normalized spacial score (nSPS) is 11.1. The summed E-state index contributed by atoms with van der Waals surface area (Å²) in [6.07, 6.45) is 1.63. The zero-order chi connectivity index (χ0) is 26.2. The van der Waals surface area contributed by atoms with E-state index in [0.717, 1.165) is 28.1 Å². The standard InChI is InChI=1S/C36H23N3/c37-23-25-17-20-33(38-24-25)29-12-8-11-28(21-29)30-19-18-27(26-9-2-1-3-10-26)22-36(30)39-34-15-6-4-13-31(34)32-14-5-7-16-35(32)39/h1-22,24H. The second-order valence-corrected chi connectivity index (χ2v) is 9.59. The van der Waals surface area contributed by atoms with Gasteiger partial charge in [0, 0.05) is 28.1 Å². The van der Waals surface area contributed by atoms with Crippen LogP contribution in [0, 0.1) is 11.3 Å². The summed E-state index contributed by atoms with van der Waals surface area (Å²) in [7, 11) is 0. The van der Waals surface area contributed by atoms with Crippen LogP contribution in [-0.2, 0) is 0 Å². The molecule has 3 heteroatoms. The third kappa shape index (κ3) is 3.96. The van der Waals surface area contributed by atoms with Crippen LogP contribution in [0.1, 0.15) is 5.56 Å². The minimum absolute atomic E-state index is 0.556. The van der Waals surface area contributed by atoms with Crippen molar-refractivity contribution in [2.45, 2.75) is 0 Å². The molecule has 5 aromatic carbocycles. The van der Waals surface area contributed by atoms with Crippen LogP contribution in [0.4, 0.5) is 0 Å². The molecular weight excluding hydrogens is 474 g/mol. The van der Waals surface area contributed by atoms with Crippen LogP contribution in [0.25, 0.3) is 61.0 Å². The molecule has 0 bridgehead atoms. The molecule has 3 nitrogen and oxygen atoms in total. The summed E-state index contributed by atoms with van der Waals surface area (Å²) in [5.74, 6) is 0. The molecule has 0 amide bonds. The van der Waals surface area contributed by atoms with Gasteiger partial charge in [-0.25, -0.2) is 0 Å². The van der Waals surface area contributed by atoms with Crippen molar-refractivity contribution in [1.29, 1.82) is 5.26 Å². The van der Waals surface area contributed by atoms with Crippen LogP contribution in [0.3, 0.4) is 0 Å². The van der Waals surface area contributed by atoms with Crippen LogP contribution >= 0.6 is 0 Å². The average Bonchev–Trinajstić information content (AvgIpc) is 3.36. The Morgan fingerprint density at radius 3 is 1.90 bits per heavy atom. The number of aromatic nitrogens is 2. The first-order chi connectivity index (χ1) is 19.3. The first kappa shape index (κ1) is 22.7. The molecule has 0 aliphatic heterocycles. The predicted molar refractivity (Wildman–Crippen MR) is 160 cm³/mol. The first-order valence-corrected chi connectivity index (χ1v) is 13.0. The highest BCUT2D eigenvalue weighted by atomic mass is 15.0. The molecule has 0 unspecified atom stereocenters. The highest BCUT2D eigenvalue weighted by molar-refractivity contribution is 6.09. The molecular formula is C36H23N3. The Labute approximate surface area is 226 Å². The van der Waals surface area contributed by atoms with Crippen molar-refractivity contribution in [3.05, 3.63) is 145 Å². The summed E-state index contributed by atoms with van der Waals surface area (Å²) in [4.78, 5) is 4.53. The molecule has 2 aromatic heterocycles. The monoisotopic (exact) mass is 497 g/mol. The van der Waals surface area contributed by atoms with Crippen molar-refractivity contribution < 1.29 is 0 Å². The fraction of sp³-hybridized carbons (Fsp3) is 0. The van der Waals surface area contributed by atoms with Crippen LogP contribution in [0.15, 0.2) is 140 Å². The summed E-state index contributed by atoms with van der Waals surface area (Å²) in [5.41, 5.74) is 10.5. The lowest BCUT2D eigenvalue weighted by atomic mass is 9.96. The van der Waals surface area contributed by atoms with Gasteiger partial charge in [-0.1, -0.05) is 97.1 Å². The quantitative estimate of drug-likeness (QED) is 0.243. The van der Waals surface area contributed by atoms with Gasteiger partial charge in [0.2, 0.25) is 0 Å². The minimum atomic E-state index is 0.556. The molecule has 0 radical (unpaired) electrons. The van der Waals surface area contributed by atoms with E-state index in [1.165, 1.54) is 32.9 Å². The number of hydrogen-bond donors (Lipinski definition) is 0. The molecule has 39 heavy (non-hydrogen) atoms. The molecule has 0 atom stereocenters. The Balaban J connectivity index is 1.49. The van der Waals surface area contributed by atoms with Gasteiger partial charge in [0.25, 0.3) is 0 Å². The number of hydrogen-bond acceptors (Lipinski definition) is 2. The maximum atomic E-state index is 9.18. The van der Waals surface area contributed by atoms with Crippen molar-refractivity contribution in [2.75, 3.05) is 0 Å². The lowest BCUT2D eigenvalue weighted by Crippen LogP contribution is -1.98. The lowest BCUT2D eigenvalue weighted by molar-refractivity contribution is 1.18. The smallest absolute Gasteiger partial charge is 0.101 e. The van der Waals surface area contributed by atoms with Gasteiger partial charge in [0.05, 0.1) is 28.0 Å². The van der Waals surface area contributed by atoms with E-state index in [-0.39, 0.29) is 0 Å². The average molecular weight is 498 g/mol. The van der Waals surface area contributed by atoms with Crippen molar-refractivity contribution in [3.8, 4) is 45.3 Å². The number of rotatable bonds is 4. The van der Waals surface area contributed by atoms with Crippen LogP contribution in [-0.4, -0.2) is 9.55 Å². The Hall–Kier alpha value is -5.46. The molecule has 182 valence electrons. The van der Waals surface area contributed by atoms with E-state index >= 15 is 0 Å². The van der Waals surface area contributed by atoms with Crippen molar-refractivity contribution in [2.24, 2.45) is 0 Å². The van der Waals surface area contributed by atoms with E-state index in [1.54, 1.807) is 6.20 Å². The third-order valence-electron chi connectivity index (χ3n) is 7.29. The molecule has 0 fully saturated rings. The molecule has 0 aliphatic rings. The summed E-state index contributed by atoms with van der Waals surface area (Å²) in [6.45, 7) is 0. The third-order valence-corrected chi connectivity index (χ3v) is 7.29. The summed E-state index contributed by atoms with van der Waals surface area (Å²) in [6, 6.07) is 48.8. The van der Waals surface area contributed by atoms with E-state index < -0.39 is 0 Å². The molecule has 0 spiro atoms. The number of para-hydroxylation sites is 2. The van der Waals surface area contributed by atoms with Gasteiger partial charge in [-0.2, -0.15) is 5.26 Å². The topological polar surface area (TPSA) is 41.6 Å². The molecule has 0 saturated carbocycles. The van der Waals surface area contributed by atoms with E-state index in [2.05, 4.69) is 137 Å². The first-order valence-electron chi connectivity index (χ1n) is 13.0. The van der Waals surface area contributed by atoms with Gasteiger partial charge in [-0.05, 0) is 53.1 Å². The minimum Gasteiger partial charge on any atom is -0.309 e. The van der Waals surface area contributed by atoms with E-state index in [4.69, 9.17) is 0 Å². The largest absolute Gasteiger partial charge is 0.309 e. The fourth-order valence-corrected chi connectivity index (χ4v) is 5.43. The van der Waals surface area contributed by atoms with Gasteiger partial charge in [-0.3, -0.25) is 4.98 Å². The zero-order valence-electron chi connectivity index (χ0n) is 21.1. The number of nitrogens with zero attached hydrogens (tertiary/aromatic N) is 3. The highest BCUT2D eigenvalue weighted by Gasteiger charge is 2.17. The molecule has 0 saturated heterocycles. The Morgan fingerprint density at radius 2 is 1.21 bits per heavy atom. The van der Waals surface area contributed by atoms with Gasteiger partial charge in [0.1, 0.15) is 6.07 Å². The van der Waals surface area contributed by atoms with E-state index in [0.29, 0.717) is 5.56 Å². The second kappa shape index (κ2) is 9.45. The Kier molecular flexibility index (Phi) is 5.50. The Morgan fingerprint density at radius 1 is 0.538 bits per heavy atom. The highest BCUT2D eigenvalue weighted by Crippen LogP contribution is 2.38. The molecule has 0 aliphatic carbocycles. The van der Waals surface area contributed by atoms with Gasteiger partial charge < -0.3 is 4.57 Å². The van der Waals surface area contributed by atoms with Gasteiger partial charge in [0.15, 0.2) is 0 Å². The van der Waals surface area contributed by atoms with Crippen molar-refractivity contribution >= 4 is 21.8 Å². The Bertz CT molecular complexity index is 1960. The lowest BCUT2D eigenvalue weighted by Gasteiger charge is -2.17. The van der Waals surface area contributed by atoms with Crippen LogP contribution < -0.4 is 0 Å².